The number of hydrogen-bond acceptors (Lipinski definition) is 2. The number of halogens is 6. The van der Waals surface area contributed by atoms with Crippen LogP contribution in [0.25, 0.3) is 5.69 Å². The molecular formula is C13H9F6NO2. The molecule has 0 aliphatic carbocycles. The van der Waals surface area contributed by atoms with Crippen molar-refractivity contribution >= 4 is 0 Å². The predicted molar refractivity (Wildman–Crippen MR) is 63.8 cm³/mol. The topological polar surface area (TPSA) is 45.4 Å². The standard InChI is InChI=1S/C13H9F6NO2/c1-6-2-10(21)20(11(6)22)9-4-7(12(14,15)16)3-8(5-9)13(17,18)19/h2-5,21-22H,1H3. The molecule has 120 valence electrons. The van der Waals surface area contributed by atoms with Crippen molar-refractivity contribution < 1.29 is 36.6 Å². The maximum atomic E-state index is 12.8. The van der Waals surface area contributed by atoms with E-state index in [0.717, 1.165) is 6.07 Å². The first kappa shape index (κ1) is 16.1. The number of alkyl halides is 6. The summed E-state index contributed by atoms with van der Waals surface area (Å²) in [5, 5.41) is 19.3. The third-order valence-electron chi connectivity index (χ3n) is 2.97. The van der Waals surface area contributed by atoms with Crippen LogP contribution in [-0.4, -0.2) is 14.8 Å². The first-order valence-corrected chi connectivity index (χ1v) is 5.81. The molecule has 0 fully saturated rings. The molecule has 9 heteroatoms. The number of rotatable bonds is 1. The average Bonchev–Trinajstić information content (AvgIpc) is 2.60. The molecule has 22 heavy (non-hydrogen) atoms. The highest BCUT2D eigenvalue weighted by atomic mass is 19.4. The van der Waals surface area contributed by atoms with Gasteiger partial charge in [-0.1, -0.05) is 0 Å². The molecule has 0 bridgehead atoms. The summed E-state index contributed by atoms with van der Waals surface area (Å²) in [6, 6.07) is 1.80. The number of hydrogen-bond donors (Lipinski definition) is 2. The quantitative estimate of drug-likeness (QED) is 0.771. The van der Waals surface area contributed by atoms with Crippen LogP contribution >= 0.6 is 0 Å². The fourth-order valence-corrected chi connectivity index (χ4v) is 1.93. The van der Waals surface area contributed by atoms with Gasteiger partial charge < -0.3 is 10.2 Å². The Morgan fingerprint density at radius 1 is 0.818 bits per heavy atom. The molecule has 0 saturated carbocycles. The second-order valence-corrected chi connectivity index (χ2v) is 4.61. The average molecular weight is 325 g/mol. The van der Waals surface area contributed by atoms with E-state index in [1.54, 1.807) is 0 Å². The van der Waals surface area contributed by atoms with E-state index in [0.29, 0.717) is 16.7 Å². The molecule has 3 nitrogen and oxygen atoms in total. The van der Waals surface area contributed by atoms with Crippen molar-refractivity contribution in [2.45, 2.75) is 19.3 Å². The molecule has 0 unspecified atom stereocenters. The normalized spacial score (nSPS) is 12.7. The van der Waals surface area contributed by atoms with E-state index in [9.17, 15) is 36.6 Å². The Hall–Kier alpha value is -2.32. The molecule has 0 saturated heterocycles. The molecule has 0 radical (unpaired) electrons. The van der Waals surface area contributed by atoms with Gasteiger partial charge in [0.15, 0.2) is 5.88 Å². The molecule has 0 amide bonds. The Morgan fingerprint density at radius 2 is 1.27 bits per heavy atom. The van der Waals surface area contributed by atoms with Gasteiger partial charge in [0.05, 0.1) is 16.8 Å². The van der Waals surface area contributed by atoms with Crippen molar-refractivity contribution in [3.8, 4) is 17.4 Å². The molecular weight excluding hydrogens is 316 g/mol. The van der Waals surface area contributed by atoms with Gasteiger partial charge in [-0.2, -0.15) is 26.3 Å². The maximum absolute atomic E-state index is 12.8. The van der Waals surface area contributed by atoms with E-state index in [4.69, 9.17) is 0 Å². The van der Waals surface area contributed by atoms with Gasteiger partial charge in [-0.15, -0.1) is 0 Å². The molecule has 2 N–H and O–H groups in total. The van der Waals surface area contributed by atoms with Crippen LogP contribution in [-0.2, 0) is 12.4 Å². The Kier molecular flexibility index (Phi) is 3.54. The highest BCUT2D eigenvalue weighted by Gasteiger charge is 2.37. The number of benzene rings is 1. The summed E-state index contributed by atoms with van der Waals surface area (Å²) in [5.41, 5.74) is -3.63. The molecule has 0 spiro atoms. The van der Waals surface area contributed by atoms with E-state index in [1.165, 1.54) is 6.92 Å². The van der Waals surface area contributed by atoms with Crippen LogP contribution in [0.1, 0.15) is 16.7 Å². The molecule has 1 aromatic heterocycles. The lowest BCUT2D eigenvalue weighted by Crippen LogP contribution is -2.12. The van der Waals surface area contributed by atoms with Crippen LogP contribution < -0.4 is 0 Å². The minimum atomic E-state index is -5.01. The second kappa shape index (κ2) is 4.85. The number of aromatic hydroxyl groups is 2. The van der Waals surface area contributed by atoms with Crippen molar-refractivity contribution in [3.63, 3.8) is 0 Å². The van der Waals surface area contributed by atoms with Crippen molar-refractivity contribution in [1.29, 1.82) is 0 Å². The Balaban J connectivity index is 2.76. The van der Waals surface area contributed by atoms with Gasteiger partial charge in [0.2, 0.25) is 5.88 Å². The molecule has 0 aliphatic rings. The van der Waals surface area contributed by atoms with Crippen molar-refractivity contribution in [1.82, 2.24) is 4.57 Å². The third-order valence-corrected chi connectivity index (χ3v) is 2.97. The molecule has 0 aliphatic heterocycles. The molecule has 0 atom stereocenters. The highest BCUT2D eigenvalue weighted by Crippen LogP contribution is 2.39. The summed E-state index contributed by atoms with van der Waals surface area (Å²) in [4.78, 5) is 0. The van der Waals surface area contributed by atoms with Gasteiger partial charge >= 0.3 is 12.4 Å². The molecule has 1 heterocycles. The second-order valence-electron chi connectivity index (χ2n) is 4.61. The lowest BCUT2D eigenvalue weighted by atomic mass is 10.1. The number of nitrogens with zero attached hydrogens (tertiary/aromatic N) is 1. The van der Waals surface area contributed by atoms with E-state index in [-0.39, 0.29) is 11.6 Å². The van der Waals surface area contributed by atoms with Gasteiger partial charge in [0.25, 0.3) is 0 Å². The van der Waals surface area contributed by atoms with E-state index >= 15 is 0 Å². The van der Waals surface area contributed by atoms with Gasteiger partial charge in [-0.25, -0.2) is 0 Å². The van der Waals surface area contributed by atoms with Gasteiger partial charge in [0, 0.05) is 11.6 Å². The van der Waals surface area contributed by atoms with Gasteiger partial charge in [-0.3, -0.25) is 4.57 Å². The minimum absolute atomic E-state index is 0.0338. The first-order chi connectivity index (χ1) is 9.91. The Morgan fingerprint density at radius 3 is 1.59 bits per heavy atom. The number of aryl methyl sites for hydroxylation is 1. The fraction of sp³-hybridized carbons (Fsp3) is 0.231. The van der Waals surface area contributed by atoms with Crippen LogP contribution in [0.15, 0.2) is 24.3 Å². The van der Waals surface area contributed by atoms with Crippen molar-refractivity contribution in [2.24, 2.45) is 0 Å². The highest BCUT2D eigenvalue weighted by molar-refractivity contribution is 5.50. The van der Waals surface area contributed by atoms with Crippen LogP contribution in [0.4, 0.5) is 26.3 Å². The van der Waals surface area contributed by atoms with E-state index in [1.807, 2.05) is 0 Å². The molecule has 2 rings (SSSR count). The summed E-state index contributed by atoms with van der Waals surface area (Å²) in [7, 11) is 0. The first-order valence-electron chi connectivity index (χ1n) is 5.81. The zero-order valence-corrected chi connectivity index (χ0v) is 10.9. The van der Waals surface area contributed by atoms with Crippen LogP contribution in [0.5, 0.6) is 11.8 Å². The number of aromatic nitrogens is 1. The van der Waals surface area contributed by atoms with Crippen LogP contribution in [0.2, 0.25) is 0 Å². The van der Waals surface area contributed by atoms with E-state index < -0.39 is 40.9 Å². The van der Waals surface area contributed by atoms with Crippen molar-refractivity contribution in [3.05, 3.63) is 41.0 Å². The molecule has 1 aromatic carbocycles. The van der Waals surface area contributed by atoms with Crippen LogP contribution in [0.3, 0.4) is 0 Å². The minimum Gasteiger partial charge on any atom is -0.494 e. The van der Waals surface area contributed by atoms with Crippen LogP contribution in [0, 0.1) is 6.92 Å². The predicted octanol–water partition coefficient (Wildman–Crippen LogP) is 4.23. The SMILES string of the molecule is Cc1cc(O)n(-c2cc(C(F)(F)F)cc(C(F)(F)F)c2)c1O. The lowest BCUT2D eigenvalue weighted by Gasteiger charge is -2.15. The summed E-state index contributed by atoms with van der Waals surface area (Å²) in [6.45, 7) is 1.34. The monoisotopic (exact) mass is 325 g/mol. The Bertz CT molecular complexity index is 682. The summed E-state index contributed by atoms with van der Waals surface area (Å²) in [6.07, 6.45) is -10.0. The third kappa shape index (κ3) is 2.83. The summed E-state index contributed by atoms with van der Waals surface area (Å²) >= 11 is 0. The summed E-state index contributed by atoms with van der Waals surface area (Å²) in [5.74, 6) is -1.33. The lowest BCUT2D eigenvalue weighted by molar-refractivity contribution is -0.143. The smallest absolute Gasteiger partial charge is 0.416 e. The Labute approximate surface area is 120 Å². The van der Waals surface area contributed by atoms with Crippen molar-refractivity contribution in [2.75, 3.05) is 0 Å². The fourth-order valence-electron chi connectivity index (χ4n) is 1.93. The maximum Gasteiger partial charge on any atom is 0.416 e. The zero-order valence-electron chi connectivity index (χ0n) is 10.9. The van der Waals surface area contributed by atoms with E-state index in [2.05, 4.69) is 0 Å². The summed E-state index contributed by atoms with van der Waals surface area (Å²) < 4.78 is 77.0. The van der Waals surface area contributed by atoms with Gasteiger partial charge in [0.1, 0.15) is 0 Å². The molecule has 2 aromatic rings. The zero-order chi connectivity index (χ0) is 16.9. The largest absolute Gasteiger partial charge is 0.494 e. The van der Waals surface area contributed by atoms with Gasteiger partial charge in [-0.05, 0) is 25.1 Å².